The second-order valence-corrected chi connectivity index (χ2v) is 3.02. The fourth-order valence-electron chi connectivity index (χ4n) is 0.495. The molecule has 1 amide bonds. The average Bonchev–Trinajstić information content (AvgIpc) is 1.63. The van der Waals surface area contributed by atoms with Gasteiger partial charge in [0, 0.05) is 6.04 Å². The lowest BCUT2D eigenvalue weighted by molar-refractivity contribution is -0.119. The summed E-state index contributed by atoms with van der Waals surface area (Å²) < 4.78 is 0. The molecule has 0 rings (SSSR count). The van der Waals surface area contributed by atoms with Crippen LogP contribution in [0.2, 0.25) is 0 Å². The third kappa shape index (κ3) is 5.69. The van der Waals surface area contributed by atoms with E-state index in [2.05, 4.69) is 5.32 Å². The maximum atomic E-state index is 10.7. The first-order valence-corrected chi connectivity index (χ1v) is 4.34. The van der Waals surface area contributed by atoms with Gasteiger partial charge in [0.1, 0.15) is 0 Å². The van der Waals surface area contributed by atoms with Crippen LogP contribution in [0.25, 0.3) is 0 Å². The molecule has 0 saturated carbocycles. The van der Waals surface area contributed by atoms with Crippen molar-refractivity contribution < 1.29 is 4.79 Å². The Labute approximate surface area is 60.4 Å². The lowest BCUT2D eigenvalue weighted by Gasteiger charge is -2.05. The number of hydrogen-bond donors (Lipinski definition) is 1. The standard InChI is InChI=1S/C6H13NOS/c1-5(2)7-6(8)4-9-3/h5H,4H2,1-3H3,(H,7,8). The monoisotopic (exact) mass is 147 g/mol. The maximum Gasteiger partial charge on any atom is 0.230 e. The zero-order chi connectivity index (χ0) is 7.28. The summed E-state index contributed by atoms with van der Waals surface area (Å²) in [6.45, 7) is 3.91. The first kappa shape index (κ1) is 8.82. The van der Waals surface area contributed by atoms with Crippen LogP contribution >= 0.6 is 11.8 Å². The van der Waals surface area contributed by atoms with Gasteiger partial charge in [-0.3, -0.25) is 4.79 Å². The third-order valence-electron chi connectivity index (χ3n) is 0.725. The molecule has 0 aromatic rings. The lowest BCUT2D eigenvalue weighted by atomic mass is 10.4. The fraction of sp³-hybridized carbons (Fsp3) is 0.833. The SMILES string of the molecule is CSCC(=O)NC(C)C. The van der Waals surface area contributed by atoms with E-state index >= 15 is 0 Å². The van der Waals surface area contributed by atoms with E-state index in [1.54, 1.807) is 0 Å². The Hall–Kier alpha value is -0.180. The third-order valence-corrected chi connectivity index (χ3v) is 1.28. The van der Waals surface area contributed by atoms with E-state index in [1.165, 1.54) is 11.8 Å². The van der Waals surface area contributed by atoms with Crippen LogP contribution in [0.3, 0.4) is 0 Å². The van der Waals surface area contributed by atoms with Gasteiger partial charge in [0.2, 0.25) is 5.91 Å². The van der Waals surface area contributed by atoms with E-state index in [0.717, 1.165) is 0 Å². The molecule has 2 nitrogen and oxygen atoms in total. The van der Waals surface area contributed by atoms with Crippen molar-refractivity contribution >= 4 is 17.7 Å². The van der Waals surface area contributed by atoms with Crippen LogP contribution in [-0.2, 0) is 4.79 Å². The Morgan fingerprint density at radius 2 is 2.22 bits per heavy atom. The molecule has 0 saturated heterocycles. The predicted molar refractivity (Wildman–Crippen MR) is 41.7 cm³/mol. The molecule has 0 bridgehead atoms. The van der Waals surface area contributed by atoms with Crippen LogP contribution in [0.5, 0.6) is 0 Å². The van der Waals surface area contributed by atoms with Gasteiger partial charge >= 0.3 is 0 Å². The summed E-state index contributed by atoms with van der Waals surface area (Å²) in [5.41, 5.74) is 0. The molecule has 3 heteroatoms. The van der Waals surface area contributed by atoms with Crippen molar-refractivity contribution in [2.24, 2.45) is 0 Å². The predicted octanol–water partition coefficient (Wildman–Crippen LogP) is 0.874. The first-order valence-electron chi connectivity index (χ1n) is 2.95. The molecule has 0 aromatic carbocycles. The van der Waals surface area contributed by atoms with Gasteiger partial charge in [0.25, 0.3) is 0 Å². The zero-order valence-corrected chi connectivity index (χ0v) is 6.92. The van der Waals surface area contributed by atoms with Crippen molar-refractivity contribution in [2.75, 3.05) is 12.0 Å². The Morgan fingerprint density at radius 3 is 2.56 bits per heavy atom. The van der Waals surface area contributed by atoms with Crippen LogP contribution in [0.1, 0.15) is 13.8 Å². The summed E-state index contributed by atoms with van der Waals surface area (Å²) in [5.74, 6) is 0.690. The lowest BCUT2D eigenvalue weighted by Crippen LogP contribution is -2.31. The Kier molecular flexibility index (Phi) is 4.58. The number of hydrogen-bond acceptors (Lipinski definition) is 2. The topological polar surface area (TPSA) is 29.1 Å². The highest BCUT2D eigenvalue weighted by Gasteiger charge is 1.99. The summed E-state index contributed by atoms with van der Waals surface area (Å²) in [6.07, 6.45) is 1.92. The molecule has 0 fully saturated rings. The molecule has 0 aliphatic carbocycles. The molecular formula is C6H13NOS. The second-order valence-electron chi connectivity index (χ2n) is 2.16. The van der Waals surface area contributed by atoms with Crippen molar-refractivity contribution in [3.8, 4) is 0 Å². The van der Waals surface area contributed by atoms with E-state index in [9.17, 15) is 4.79 Å². The highest BCUT2D eigenvalue weighted by molar-refractivity contribution is 7.99. The van der Waals surface area contributed by atoms with Gasteiger partial charge in [-0.2, -0.15) is 11.8 Å². The first-order chi connectivity index (χ1) is 4.16. The van der Waals surface area contributed by atoms with Crippen LogP contribution in [0.15, 0.2) is 0 Å². The molecule has 0 unspecified atom stereocenters. The molecule has 1 N–H and O–H groups in total. The summed E-state index contributed by atoms with van der Waals surface area (Å²) in [6, 6.07) is 0.268. The quantitative estimate of drug-likeness (QED) is 0.642. The highest BCUT2D eigenvalue weighted by atomic mass is 32.2. The Morgan fingerprint density at radius 1 is 1.67 bits per heavy atom. The van der Waals surface area contributed by atoms with E-state index in [4.69, 9.17) is 0 Å². The molecule has 9 heavy (non-hydrogen) atoms. The van der Waals surface area contributed by atoms with Gasteiger partial charge in [0.15, 0.2) is 0 Å². The smallest absolute Gasteiger partial charge is 0.230 e. The van der Waals surface area contributed by atoms with Crippen molar-refractivity contribution in [3.05, 3.63) is 0 Å². The highest BCUT2D eigenvalue weighted by Crippen LogP contribution is 1.89. The van der Waals surface area contributed by atoms with E-state index < -0.39 is 0 Å². The van der Waals surface area contributed by atoms with Crippen LogP contribution < -0.4 is 5.32 Å². The summed E-state index contributed by atoms with van der Waals surface area (Å²) in [5, 5.41) is 2.78. The molecule has 0 aliphatic heterocycles. The normalized spacial score (nSPS) is 9.78. The van der Waals surface area contributed by atoms with E-state index in [0.29, 0.717) is 5.75 Å². The number of carbonyl (C=O) groups is 1. The fourth-order valence-corrected chi connectivity index (χ4v) is 0.840. The van der Waals surface area contributed by atoms with E-state index in [-0.39, 0.29) is 11.9 Å². The Balaban J connectivity index is 3.27. The minimum absolute atomic E-state index is 0.123. The molecule has 0 atom stereocenters. The summed E-state index contributed by atoms with van der Waals surface area (Å²) >= 11 is 1.54. The minimum Gasteiger partial charge on any atom is -0.353 e. The zero-order valence-electron chi connectivity index (χ0n) is 6.10. The van der Waals surface area contributed by atoms with Crippen LogP contribution in [0, 0.1) is 0 Å². The van der Waals surface area contributed by atoms with Crippen molar-refractivity contribution in [3.63, 3.8) is 0 Å². The van der Waals surface area contributed by atoms with Crippen molar-refractivity contribution in [2.45, 2.75) is 19.9 Å². The van der Waals surface area contributed by atoms with Crippen LogP contribution in [0.4, 0.5) is 0 Å². The summed E-state index contributed by atoms with van der Waals surface area (Å²) in [7, 11) is 0. The molecule has 54 valence electrons. The largest absolute Gasteiger partial charge is 0.353 e. The number of rotatable bonds is 3. The number of nitrogens with one attached hydrogen (secondary N) is 1. The van der Waals surface area contributed by atoms with Crippen molar-refractivity contribution in [1.82, 2.24) is 5.32 Å². The van der Waals surface area contributed by atoms with Gasteiger partial charge in [-0.15, -0.1) is 0 Å². The second kappa shape index (κ2) is 4.68. The molecule has 0 aromatic heterocycles. The number of carbonyl (C=O) groups excluding carboxylic acids is 1. The van der Waals surface area contributed by atoms with Crippen LogP contribution in [-0.4, -0.2) is 24.0 Å². The van der Waals surface area contributed by atoms with E-state index in [1.807, 2.05) is 20.1 Å². The molecule has 0 aliphatic rings. The summed E-state index contributed by atoms with van der Waals surface area (Å²) in [4.78, 5) is 10.7. The number of thioether (sulfide) groups is 1. The van der Waals surface area contributed by atoms with Gasteiger partial charge in [-0.1, -0.05) is 0 Å². The maximum absolute atomic E-state index is 10.7. The number of amides is 1. The molecule has 0 heterocycles. The Bertz CT molecular complexity index is 93.1. The van der Waals surface area contributed by atoms with Gasteiger partial charge < -0.3 is 5.32 Å². The average molecular weight is 147 g/mol. The van der Waals surface area contributed by atoms with Crippen molar-refractivity contribution in [1.29, 1.82) is 0 Å². The van der Waals surface area contributed by atoms with Gasteiger partial charge in [-0.25, -0.2) is 0 Å². The van der Waals surface area contributed by atoms with Gasteiger partial charge in [-0.05, 0) is 20.1 Å². The molecule has 0 spiro atoms. The molecular weight excluding hydrogens is 134 g/mol. The minimum atomic E-state index is 0.123. The molecule has 0 radical (unpaired) electrons. The van der Waals surface area contributed by atoms with Gasteiger partial charge in [0.05, 0.1) is 5.75 Å².